The summed E-state index contributed by atoms with van der Waals surface area (Å²) >= 11 is 0. The molecule has 6 heteroatoms. The lowest BCUT2D eigenvalue weighted by Gasteiger charge is -2.19. The Kier molecular flexibility index (Phi) is 3.89. The summed E-state index contributed by atoms with van der Waals surface area (Å²) in [5, 5.41) is 2.61. The fourth-order valence-electron chi connectivity index (χ4n) is 2.33. The van der Waals surface area contributed by atoms with Crippen LogP contribution in [0.15, 0.2) is 53.7 Å². The number of rotatable bonds is 2. The molecule has 1 amide bonds. The van der Waals surface area contributed by atoms with Crippen molar-refractivity contribution in [2.75, 3.05) is 5.32 Å². The van der Waals surface area contributed by atoms with E-state index in [1.54, 1.807) is 30.6 Å². The average Bonchev–Trinajstić information content (AvgIpc) is 2.57. The van der Waals surface area contributed by atoms with E-state index in [4.69, 9.17) is 0 Å². The topological polar surface area (TPSA) is 76.4 Å². The zero-order chi connectivity index (χ0) is 17.3. The van der Waals surface area contributed by atoms with E-state index in [0.717, 1.165) is 5.56 Å². The van der Waals surface area contributed by atoms with Crippen LogP contribution in [0.4, 0.5) is 5.69 Å². The molecule has 0 aliphatic heterocycles. The van der Waals surface area contributed by atoms with Gasteiger partial charge in [-0.2, -0.15) is 0 Å². The van der Waals surface area contributed by atoms with Gasteiger partial charge in [-0.15, -0.1) is 0 Å². The molecular weight excluding hydrogens is 304 g/mol. The van der Waals surface area contributed by atoms with Gasteiger partial charge in [-0.3, -0.25) is 14.0 Å². The first-order valence-corrected chi connectivity index (χ1v) is 7.60. The number of hydrogen-bond acceptors (Lipinski definition) is 4. The number of aromatic nitrogens is 3. The van der Waals surface area contributed by atoms with Gasteiger partial charge in [-0.25, -0.2) is 9.97 Å². The van der Waals surface area contributed by atoms with E-state index in [0.29, 0.717) is 5.56 Å². The van der Waals surface area contributed by atoms with Crippen molar-refractivity contribution >= 4 is 17.4 Å². The van der Waals surface area contributed by atoms with Crippen molar-refractivity contribution in [1.82, 2.24) is 14.4 Å². The molecule has 0 aliphatic carbocycles. The highest BCUT2D eigenvalue weighted by atomic mass is 16.2. The molecule has 0 fully saturated rings. The van der Waals surface area contributed by atoms with E-state index in [1.165, 1.54) is 10.6 Å². The predicted octanol–water partition coefficient (Wildman–Crippen LogP) is 2.64. The van der Waals surface area contributed by atoms with Crippen LogP contribution in [0, 0.1) is 0 Å². The van der Waals surface area contributed by atoms with Gasteiger partial charge in [-0.05, 0) is 29.2 Å². The smallest absolute Gasteiger partial charge is 0.282 e. The molecule has 0 spiro atoms. The Balaban J connectivity index is 1.87. The van der Waals surface area contributed by atoms with E-state index in [2.05, 4.69) is 36.1 Å². The first-order valence-electron chi connectivity index (χ1n) is 7.60. The van der Waals surface area contributed by atoms with Gasteiger partial charge in [0.15, 0.2) is 0 Å². The lowest BCUT2D eigenvalue weighted by atomic mass is 9.87. The van der Waals surface area contributed by atoms with Crippen molar-refractivity contribution in [3.05, 3.63) is 70.4 Å². The molecule has 3 rings (SSSR count). The number of carbonyl (C=O) groups is 1. The van der Waals surface area contributed by atoms with Gasteiger partial charge in [0.25, 0.3) is 11.5 Å². The summed E-state index contributed by atoms with van der Waals surface area (Å²) in [5.41, 5.74) is 1.39. The van der Waals surface area contributed by atoms with Gasteiger partial charge in [0.1, 0.15) is 5.69 Å². The van der Waals surface area contributed by atoms with Crippen molar-refractivity contribution < 1.29 is 4.79 Å². The molecule has 24 heavy (non-hydrogen) atoms. The maximum Gasteiger partial charge on any atom is 0.282 e. The third kappa shape index (κ3) is 3.03. The third-order valence-electron chi connectivity index (χ3n) is 3.75. The fourth-order valence-corrected chi connectivity index (χ4v) is 2.33. The minimum atomic E-state index is -0.368. The quantitative estimate of drug-likeness (QED) is 0.787. The molecule has 2 heterocycles. The molecule has 0 saturated heterocycles. The van der Waals surface area contributed by atoms with Crippen molar-refractivity contribution in [3.63, 3.8) is 0 Å². The molecular formula is C18H18N4O2. The van der Waals surface area contributed by atoms with Gasteiger partial charge in [0.2, 0.25) is 5.78 Å². The molecule has 1 N–H and O–H groups in total. The van der Waals surface area contributed by atoms with Crippen LogP contribution >= 0.6 is 0 Å². The number of hydrogen-bond donors (Lipinski definition) is 1. The first kappa shape index (κ1) is 15.9. The molecule has 0 bridgehead atoms. The molecule has 0 radical (unpaired) electrons. The van der Waals surface area contributed by atoms with E-state index in [9.17, 15) is 9.59 Å². The van der Waals surface area contributed by atoms with Crippen LogP contribution in [0.5, 0.6) is 0 Å². The summed E-state index contributed by atoms with van der Waals surface area (Å²) in [7, 11) is 0. The Labute approximate surface area is 139 Å². The van der Waals surface area contributed by atoms with Gasteiger partial charge >= 0.3 is 0 Å². The number of amides is 1. The Morgan fingerprint density at radius 2 is 1.83 bits per heavy atom. The van der Waals surface area contributed by atoms with Crippen molar-refractivity contribution in [3.8, 4) is 0 Å². The van der Waals surface area contributed by atoms with E-state index in [1.807, 2.05) is 12.1 Å². The lowest BCUT2D eigenvalue weighted by molar-refractivity contribution is 0.102. The van der Waals surface area contributed by atoms with Gasteiger partial charge in [0, 0.05) is 18.0 Å². The molecule has 0 aliphatic rings. The summed E-state index contributed by atoms with van der Waals surface area (Å²) in [4.78, 5) is 32.8. The first-order chi connectivity index (χ1) is 11.4. The summed E-state index contributed by atoms with van der Waals surface area (Å²) in [6, 6.07) is 8.98. The average molecular weight is 322 g/mol. The second kappa shape index (κ2) is 5.88. The van der Waals surface area contributed by atoms with Crippen LogP contribution in [0.1, 0.15) is 36.7 Å². The standard InChI is InChI=1S/C18H18N4O2/c1-18(2,3)13-7-5-12(6-8-13)15(23)21-14-11-20-17-19-9-4-10-22(17)16(14)24/h4-11H,1-3H3,(H,21,23). The van der Waals surface area contributed by atoms with E-state index in [-0.39, 0.29) is 28.3 Å². The minimum absolute atomic E-state index is 0.0170. The van der Waals surface area contributed by atoms with Crippen LogP contribution in [-0.2, 0) is 5.41 Å². The number of benzene rings is 1. The number of anilines is 1. The van der Waals surface area contributed by atoms with Crippen LogP contribution in [0.25, 0.3) is 5.78 Å². The Hall–Kier alpha value is -3.02. The van der Waals surface area contributed by atoms with E-state index < -0.39 is 0 Å². The lowest BCUT2D eigenvalue weighted by Crippen LogP contribution is -2.23. The highest BCUT2D eigenvalue weighted by Gasteiger charge is 2.15. The van der Waals surface area contributed by atoms with Gasteiger partial charge in [0.05, 0.1) is 6.20 Å². The molecule has 3 aromatic rings. The highest BCUT2D eigenvalue weighted by molar-refractivity contribution is 6.04. The SMILES string of the molecule is CC(C)(C)c1ccc(C(=O)Nc2cnc3ncccn3c2=O)cc1. The molecule has 6 nitrogen and oxygen atoms in total. The summed E-state index contributed by atoms with van der Waals surface area (Å²) in [6.07, 6.45) is 4.44. The second-order valence-electron chi connectivity index (χ2n) is 6.55. The zero-order valence-electron chi connectivity index (χ0n) is 13.8. The Morgan fingerprint density at radius 1 is 1.12 bits per heavy atom. The molecule has 2 aromatic heterocycles. The normalized spacial score (nSPS) is 11.5. The Bertz CT molecular complexity index is 953. The van der Waals surface area contributed by atoms with Crippen molar-refractivity contribution in [1.29, 1.82) is 0 Å². The summed E-state index contributed by atoms with van der Waals surface area (Å²) < 4.78 is 1.29. The van der Waals surface area contributed by atoms with Crippen LogP contribution in [0.3, 0.4) is 0 Å². The number of nitrogens with one attached hydrogen (secondary N) is 1. The van der Waals surface area contributed by atoms with Crippen LogP contribution in [-0.4, -0.2) is 20.3 Å². The fraction of sp³-hybridized carbons (Fsp3) is 0.222. The van der Waals surface area contributed by atoms with Crippen LogP contribution in [0.2, 0.25) is 0 Å². The number of nitrogens with zero attached hydrogens (tertiary/aromatic N) is 3. The van der Waals surface area contributed by atoms with Gasteiger partial charge < -0.3 is 5.32 Å². The summed E-state index contributed by atoms with van der Waals surface area (Å²) in [6.45, 7) is 6.33. The summed E-state index contributed by atoms with van der Waals surface area (Å²) in [5.74, 6) is -0.0618. The molecule has 122 valence electrons. The largest absolute Gasteiger partial charge is 0.316 e. The number of fused-ring (bicyclic) bond motifs is 1. The molecule has 1 aromatic carbocycles. The predicted molar refractivity (Wildman–Crippen MR) is 92.4 cm³/mol. The molecule has 0 atom stereocenters. The van der Waals surface area contributed by atoms with Gasteiger partial charge in [-0.1, -0.05) is 32.9 Å². The minimum Gasteiger partial charge on any atom is -0.316 e. The van der Waals surface area contributed by atoms with Crippen LogP contribution < -0.4 is 10.9 Å². The second-order valence-corrected chi connectivity index (χ2v) is 6.55. The third-order valence-corrected chi connectivity index (χ3v) is 3.75. The van der Waals surface area contributed by atoms with Crippen molar-refractivity contribution in [2.24, 2.45) is 0 Å². The Morgan fingerprint density at radius 3 is 2.50 bits per heavy atom. The maximum absolute atomic E-state index is 12.4. The zero-order valence-corrected chi connectivity index (χ0v) is 13.8. The molecule has 0 unspecified atom stereocenters. The van der Waals surface area contributed by atoms with E-state index >= 15 is 0 Å². The maximum atomic E-state index is 12.4. The number of carbonyl (C=O) groups excluding carboxylic acids is 1. The molecule has 0 saturated carbocycles. The van der Waals surface area contributed by atoms with Crippen molar-refractivity contribution in [2.45, 2.75) is 26.2 Å². The highest BCUT2D eigenvalue weighted by Crippen LogP contribution is 2.22. The monoisotopic (exact) mass is 322 g/mol.